The molecule has 80 valence electrons. The van der Waals surface area contributed by atoms with Crippen LogP contribution in [0, 0.1) is 0 Å². The fourth-order valence-electron chi connectivity index (χ4n) is 1.26. The zero-order valence-corrected chi connectivity index (χ0v) is 8.76. The molecule has 0 spiro atoms. The summed E-state index contributed by atoms with van der Waals surface area (Å²) in [6.45, 7) is 7.55. The maximum atomic E-state index is 11.0. The Bertz CT molecular complexity index is 292. The highest BCUT2D eigenvalue weighted by atomic mass is 32.2. The van der Waals surface area contributed by atoms with Crippen molar-refractivity contribution in [2.24, 2.45) is 0 Å². The second-order valence-corrected chi connectivity index (χ2v) is 5.21. The topological polar surface area (TPSA) is 52.6 Å². The summed E-state index contributed by atoms with van der Waals surface area (Å²) >= 11 is 0. The van der Waals surface area contributed by atoms with Crippen molar-refractivity contribution in [1.82, 2.24) is 0 Å². The molecule has 5 heteroatoms. The zero-order chi connectivity index (χ0) is 10.7. The minimum absolute atomic E-state index is 0.0817. The van der Waals surface area contributed by atoms with E-state index >= 15 is 0 Å². The molecule has 0 bridgehead atoms. The number of hydrogen-bond donors (Lipinski definition) is 0. The molecule has 1 heterocycles. The molecular formula is C9H14O4S. The smallest absolute Gasteiger partial charge is 0.196 e. The molecule has 0 N–H and O–H groups in total. The average molecular weight is 218 g/mol. The SMILES string of the molecule is C=CCOC1(OCC=C)CS(=O)(=O)C1. The van der Waals surface area contributed by atoms with Crippen molar-refractivity contribution in [2.75, 3.05) is 24.7 Å². The Kier molecular flexibility index (Phi) is 3.47. The van der Waals surface area contributed by atoms with Gasteiger partial charge in [-0.25, -0.2) is 8.42 Å². The third-order valence-electron chi connectivity index (χ3n) is 1.81. The Morgan fingerprint density at radius 3 is 1.86 bits per heavy atom. The largest absolute Gasteiger partial charge is 0.344 e. The number of ether oxygens (including phenoxy) is 2. The summed E-state index contributed by atoms with van der Waals surface area (Å²) in [5.41, 5.74) is 0. The molecular weight excluding hydrogens is 204 g/mol. The molecule has 0 saturated carbocycles. The van der Waals surface area contributed by atoms with Crippen LogP contribution in [-0.2, 0) is 19.3 Å². The van der Waals surface area contributed by atoms with Crippen LogP contribution in [0.25, 0.3) is 0 Å². The first-order chi connectivity index (χ1) is 6.54. The monoisotopic (exact) mass is 218 g/mol. The lowest BCUT2D eigenvalue weighted by molar-refractivity contribution is -0.203. The number of hydrogen-bond acceptors (Lipinski definition) is 4. The van der Waals surface area contributed by atoms with E-state index in [-0.39, 0.29) is 24.7 Å². The maximum Gasteiger partial charge on any atom is 0.196 e. The Hall–Kier alpha value is -0.650. The summed E-state index contributed by atoms with van der Waals surface area (Å²) in [6.07, 6.45) is 3.12. The predicted octanol–water partition coefficient (Wildman–Crippen LogP) is 0.516. The van der Waals surface area contributed by atoms with Crippen LogP contribution in [0.2, 0.25) is 0 Å². The molecule has 1 rings (SSSR count). The fraction of sp³-hybridized carbons (Fsp3) is 0.556. The van der Waals surface area contributed by atoms with Gasteiger partial charge in [0, 0.05) is 0 Å². The summed E-state index contributed by atoms with van der Waals surface area (Å²) in [5.74, 6) is -1.13. The van der Waals surface area contributed by atoms with E-state index in [2.05, 4.69) is 13.2 Å². The molecule has 0 radical (unpaired) electrons. The third-order valence-corrected chi connectivity index (χ3v) is 3.57. The van der Waals surface area contributed by atoms with Crippen LogP contribution >= 0.6 is 0 Å². The highest BCUT2D eigenvalue weighted by Crippen LogP contribution is 2.29. The van der Waals surface area contributed by atoms with E-state index in [1.54, 1.807) is 12.2 Å². The number of rotatable bonds is 6. The van der Waals surface area contributed by atoms with Crippen molar-refractivity contribution in [3.8, 4) is 0 Å². The van der Waals surface area contributed by atoms with Crippen molar-refractivity contribution in [1.29, 1.82) is 0 Å². The lowest BCUT2D eigenvalue weighted by Crippen LogP contribution is -2.58. The van der Waals surface area contributed by atoms with Crippen LogP contribution in [0.15, 0.2) is 25.3 Å². The molecule has 1 aliphatic rings. The van der Waals surface area contributed by atoms with Crippen LogP contribution in [0.3, 0.4) is 0 Å². The highest BCUT2D eigenvalue weighted by molar-refractivity contribution is 7.93. The first-order valence-electron chi connectivity index (χ1n) is 4.24. The van der Waals surface area contributed by atoms with Crippen molar-refractivity contribution >= 4 is 9.84 Å². The Morgan fingerprint density at radius 2 is 1.57 bits per heavy atom. The summed E-state index contributed by atoms with van der Waals surface area (Å²) < 4.78 is 32.6. The van der Waals surface area contributed by atoms with Gasteiger partial charge in [0.05, 0.1) is 13.2 Å². The van der Waals surface area contributed by atoms with Gasteiger partial charge in [0.2, 0.25) is 0 Å². The second kappa shape index (κ2) is 4.25. The molecule has 0 aromatic rings. The fourth-order valence-corrected chi connectivity index (χ4v) is 2.85. The molecule has 4 nitrogen and oxygen atoms in total. The summed E-state index contributed by atoms with van der Waals surface area (Å²) in [6, 6.07) is 0. The molecule has 1 saturated heterocycles. The minimum atomic E-state index is -2.97. The normalized spacial score (nSPS) is 22.3. The van der Waals surface area contributed by atoms with Gasteiger partial charge in [-0.3, -0.25) is 0 Å². The van der Waals surface area contributed by atoms with Crippen molar-refractivity contribution in [3.05, 3.63) is 25.3 Å². The first kappa shape index (κ1) is 11.4. The van der Waals surface area contributed by atoms with Gasteiger partial charge in [-0.1, -0.05) is 12.2 Å². The van der Waals surface area contributed by atoms with Gasteiger partial charge in [-0.05, 0) is 0 Å². The van der Waals surface area contributed by atoms with Crippen molar-refractivity contribution < 1.29 is 17.9 Å². The number of sulfone groups is 1. The van der Waals surface area contributed by atoms with E-state index in [1.165, 1.54) is 0 Å². The van der Waals surface area contributed by atoms with Crippen molar-refractivity contribution in [3.63, 3.8) is 0 Å². The van der Waals surface area contributed by atoms with E-state index in [0.717, 1.165) is 0 Å². The first-order valence-corrected chi connectivity index (χ1v) is 6.06. The van der Waals surface area contributed by atoms with E-state index in [9.17, 15) is 8.42 Å². The van der Waals surface area contributed by atoms with E-state index < -0.39 is 15.6 Å². The Balaban J connectivity index is 2.54. The standard InChI is InChI=1S/C9H14O4S/c1-3-5-12-9(13-6-4-2)7-14(10,11)8-9/h3-4H,1-2,5-8H2. The van der Waals surface area contributed by atoms with Crippen LogP contribution in [0.1, 0.15) is 0 Å². The van der Waals surface area contributed by atoms with Crippen LogP contribution in [-0.4, -0.2) is 38.9 Å². The molecule has 1 aliphatic heterocycles. The zero-order valence-electron chi connectivity index (χ0n) is 7.94. The van der Waals surface area contributed by atoms with Crippen molar-refractivity contribution in [2.45, 2.75) is 5.79 Å². The molecule has 0 atom stereocenters. The third kappa shape index (κ3) is 2.67. The van der Waals surface area contributed by atoms with Gasteiger partial charge < -0.3 is 9.47 Å². The van der Waals surface area contributed by atoms with Gasteiger partial charge in [-0.15, -0.1) is 13.2 Å². The van der Waals surface area contributed by atoms with E-state index in [0.29, 0.717) is 0 Å². The van der Waals surface area contributed by atoms with Crippen LogP contribution < -0.4 is 0 Å². The van der Waals surface area contributed by atoms with Gasteiger partial charge in [-0.2, -0.15) is 0 Å². The predicted molar refractivity (Wildman–Crippen MR) is 53.7 cm³/mol. The lowest BCUT2D eigenvalue weighted by Gasteiger charge is -2.39. The Morgan fingerprint density at radius 1 is 1.14 bits per heavy atom. The average Bonchev–Trinajstić information content (AvgIpc) is 2.08. The quantitative estimate of drug-likeness (QED) is 0.481. The van der Waals surface area contributed by atoms with E-state index in [1.807, 2.05) is 0 Å². The molecule has 1 fully saturated rings. The summed E-state index contributed by atoms with van der Waals surface area (Å²) in [5, 5.41) is 0. The molecule has 0 aromatic heterocycles. The molecule has 0 aliphatic carbocycles. The lowest BCUT2D eigenvalue weighted by atomic mass is 10.3. The second-order valence-electron chi connectivity index (χ2n) is 3.14. The van der Waals surface area contributed by atoms with Gasteiger partial charge in [0.25, 0.3) is 0 Å². The summed E-state index contributed by atoms with van der Waals surface area (Å²) in [4.78, 5) is 0. The van der Waals surface area contributed by atoms with Gasteiger partial charge in [0.15, 0.2) is 15.6 Å². The summed E-state index contributed by atoms with van der Waals surface area (Å²) in [7, 11) is -2.97. The molecule has 0 amide bonds. The minimum Gasteiger partial charge on any atom is -0.344 e. The molecule has 14 heavy (non-hydrogen) atoms. The van der Waals surface area contributed by atoms with Crippen LogP contribution in [0.5, 0.6) is 0 Å². The molecule has 0 unspecified atom stereocenters. The van der Waals surface area contributed by atoms with Gasteiger partial charge in [0.1, 0.15) is 11.5 Å². The maximum absolute atomic E-state index is 11.0. The van der Waals surface area contributed by atoms with Crippen LogP contribution in [0.4, 0.5) is 0 Å². The van der Waals surface area contributed by atoms with Gasteiger partial charge >= 0.3 is 0 Å². The Labute approximate surface area is 84.1 Å². The molecule has 0 aromatic carbocycles. The highest BCUT2D eigenvalue weighted by Gasteiger charge is 2.50. The van der Waals surface area contributed by atoms with E-state index in [4.69, 9.17) is 9.47 Å².